The van der Waals surface area contributed by atoms with Crippen molar-refractivity contribution in [2.24, 2.45) is 0 Å². The number of rotatable bonds is 4. The zero-order chi connectivity index (χ0) is 10.9. The standard InChI is InChI=1S/C4H11O3PS.H3O3P/c5-8(6,7)3-1-2-4-9;1-4(2)3/h9H,1-4H2,(H2,5,6,7);4H,(H2,1,2,3). The second-order valence-electron chi connectivity index (χ2n) is 2.10. The SMILES string of the molecule is O=P(O)(O)CCCCS.O=[PH](O)O. The van der Waals surface area contributed by atoms with E-state index >= 15 is 0 Å². The molecule has 0 unspecified atom stereocenters. The van der Waals surface area contributed by atoms with Gasteiger partial charge in [-0.05, 0) is 18.6 Å². The topological polar surface area (TPSA) is 115 Å². The van der Waals surface area contributed by atoms with Gasteiger partial charge < -0.3 is 19.6 Å². The third-order valence-electron chi connectivity index (χ3n) is 0.858. The highest BCUT2D eigenvalue weighted by molar-refractivity contribution is 7.80. The summed E-state index contributed by atoms with van der Waals surface area (Å²) in [5.41, 5.74) is 0. The Bertz CT molecular complexity index is 175. The van der Waals surface area contributed by atoms with Crippen LogP contribution in [0.4, 0.5) is 0 Å². The first-order chi connectivity index (χ1) is 5.79. The van der Waals surface area contributed by atoms with Gasteiger partial charge in [-0.25, -0.2) is 0 Å². The van der Waals surface area contributed by atoms with Crippen LogP contribution in [0.5, 0.6) is 0 Å². The number of hydrogen-bond acceptors (Lipinski definition) is 3. The fourth-order valence-corrected chi connectivity index (χ4v) is 1.29. The smallest absolute Gasteiger partial charge is 0.325 e. The summed E-state index contributed by atoms with van der Waals surface area (Å²) in [6.07, 6.45) is 1.33. The van der Waals surface area contributed by atoms with Gasteiger partial charge in [0.2, 0.25) is 0 Å². The molecule has 0 fully saturated rings. The lowest BCUT2D eigenvalue weighted by molar-refractivity contribution is 0.371. The van der Waals surface area contributed by atoms with E-state index in [2.05, 4.69) is 12.6 Å². The normalized spacial score (nSPS) is 10.9. The van der Waals surface area contributed by atoms with Gasteiger partial charge in [0.1, 0.15) is 0 Å². The maximum atomic E-state index is 10.2. The van der Waals surface area contributed by atoms with Gasteiger partial charge in [-0.3, -0.25) is 9.13 Å². The van der Waals surface area contributed by atoms with Crippen LogP contribution in [0.15, 0.2) is 0 Å². The molecule has 0 radical (unpaired) electrons. The molecule has 0 saturated heterocycles. The Morgan fingerprint density at radius 2 is 1.62 bits per heavy atom. The average Bonchev–Trinajstić information content (AvgIpc) is 1.83. The molecule has 0 spiro atoms. The maximum Gasteiger partial charge on any atom is 0.325 e. The number of unbranched alkanes of at least 4 members (excludes halogenated alkanes) is 1. The lowest BCUT2D eigenvalue weighted by atomic mass is 10.4. The summed E-state index contributed by atoms with van der Waals surface area (Å²) in [7, 11) is -6.86. The van der Waals surface area contributed by atoms with Crippen LogP contribution in [-0.4, -0.2) is 31.5 Å². The van der Waals surface area contributed by atoms with Crippen molar-refractivity contribution in [1.82, 2.24) is 0 Å². The Morgan fingerprint density at radius 1 is 1.23 bits per heavy atom. The minimum absolute atomic E-state index is 0.00639. The van der Waals surface area contributed by atoms with E-state index in [0.29, 0.717) is 12.2 Å². The van der Waals surface area contributed by atoms with Gasteiger partial charge in [0.25, 0.3) is 0 Å². The average molecular weight is 252 g/mol. The molecule has 0 bridgehead atoms. The molecule has 0 amide bonds. The van der Waals surface area contributed by atoms with Crippen LogP contribution in [0, 0.1) is 0 Å². The molecule has 13 heavy (non-hydrogen) atoms. The highest BCUT2D eigenvalue weighted by Gasteiger charge is 2.10. The van der Waals surface area contributed by atoms with E-state index in [1.165, 1.54) is 0 Å². The van der Waals surface area contributed by atoms with Crippen LogP contribution in [0.1, 0.15) is 12.8 Å². The number of hydrogen-bond donors (Lipinski definition) is 5. The predicted molar refractivity (Wildman–Crippen MR) is 53.4 cm³/mol. The molecule has 0 aromatic carbocycles. The van der Waals surface area contributed by atoms with E-state index in [1.54, 1.807) is 0 Å². The first kappa shape index (κ1) is 16.1. The van der Waals surface area contributed by atoms with E-state index < -0.39 is 15.9 Å². The van der Waals surface area contributed by atoms with Gasteiger partial charge in [0, 0.05) is 6.16 Å². The molecule has 0 atom stereocenters. The Morgan fingerprint density at radius 3 is 1.85 bits per heavy atom. The van der Waals surface area contributed by atoms with Crippen LogP contribution in [0.25, 0.3) is 0 Å². The van der Waals surface area contributed by atoms with Crippen molar-refractivity contribution in [1.29, 1.82) is 0 Å². The molecular formula is C4H14O6P2S. The van der Waals surface area contributed by atoms with Gasteiger partial charge in [-0.1, -0.05) is 0 Å². The molecule has 0 aliphatic rings. The Labute approximate surface area is 82.5 Å². The monoisotopic (exact) mass is 252 g/mol. The zero-order valence-corrected chi connectivity index (χ0v) is 9.62. The lowest BCUT2D eigenvalue weighted by Crippen LogP contribution is -1.87. The van der Waals surface area contributed by atoms with Gasteiger partial charge in [0.05, 0.1) is 0 Å². The molecule has 0 aromatic rings. The zero-order valence-electron chi connectivity index (χ0n) is 6.83. The van der Waals surface area contributed by atoms with Crippen molar-refractivity contribution >= 4 is 28.5 Å². The van der Waals surface area contributed by atoms with Crippen molar-refractivity contribution < 1.29 is 28.7 Å². The molecule has 0 aromatic heterocycles. The summed E-state index contributed by atoms with van der Waals surface area (Å²) in [5.74, 6) is 0.694. The third-order valence-corrected chi connectivity index (χ3v) is 2.07. The van der Waals surface area contributed by atoms with E-state index in [1.807, 2.05) is 0 Å². The Hall–Kier alpha value is 0.650. The fourth-order valence-electron chi connectivity index (χ4n) is 0.430. The molecule has 0 heterocycles. The molecule has 0 rings (SSSR count). The second-order valence-corrected chi connectivity index (χ2v) is 4.89. The van der Waals surface area contributed by atoms with Crippen LogP contribution in [0.3, 0.4) is 0 Å². The molecule has 82 valence electrons. The summed E-state index contributed by atoms with van der Waals surface area (Å²) >= 11 is 3.90. The van der Waals surface area contributed by atoms with Crippen molar-refractivity contribution in [3.8, 4) is 0 Å². The quantitative estimate of drug-likeness (QED) is 0.278. The van der Waals surface area contributed by atoms with Crippen molar-refractivity contribution in [2.75, 3.05) is 11.9 Å². The van der Waals surface area contributed by atoms with Gasteiger partial charge in [-0.2, -0.15) is 12.6 Å². The van der Waals surface area contributed by atoms with Crippen LogP contribution in [-0.2, 0) is 9.13 Å². The van der Waals surface area contributed by atoms with Crippen LogP contribution < -0.4 is 0 Å². The minimum atomic E-state index is -3.73. The minimum Gasteiger partial charge on any atom is -0.326 e. The van der Waals surface area contributed by atoms with Crippen molar-refractivity contribution in [3.63, 3.8) is 0 Å². The van der Waals surface area contributed by atoms with Crippen molar-refractivity contribution in [2.45, 2.75) is 12.8 Å². The summed E-state index contributed by atoms with van der Waals surface area (Å²) in [5, 5.41) is 0. The first-order valence-electron chi connectivity index (χ1n) is 3.37. The molecule has 9 heteroatoms. The Kier molecular flexibility index (Phi) is 11.4. The van der Waals surface area contributed by atoms with Gasteiger partial charge in [-0.15, -0.1) is 0 Å². The molecule has 0 aliphatic carbocycles. The highest BCUT2D eigenvalue weighted by Crippen LogP contribution is 2.35. The van der Waals surface area contributed by atoms with E-state index in [0.717, 1.165) is 6.42 Å². The van der Waals surface area contributed by atoms with Gasteiger partial charge in [0.15, 0.2) is 0 Å². The first-order valence-corrected chi connectivity index (χ1v) is 7.10. The Balaban J connectivity index is 0. The second kappa shape index (κ2) is 9.21. The number of thiol groups is 1. The van der Waals surface area contributed by atoms with E-state index in [-0.39, 0.29) is 6.16 Å². The molecule has 0 aliphatic heterocycles. The largest absolute Gasteiger partial charge is 0.326 e. The summed E-state index contributed by atoms with van der Waals surface area (Å²) < 4.78 is 18.9. The molecule has 0 saturated carbocycles. The van der Waals surface area contributed by atoms with E-state index in [4.69, 9.17) is 24.1 Å². The van der Waals surface area contributed by atoms with Crippen LogP contribution in [0.2, 0.25) is 0 Å². The molecule has 6 nitrogen and oxygen atoms in total. The maximum absolute atomic E-state index is 10.2. The van der Waals surface area contributed by atoms with Crippen LogP contribution >= 0.6 is 28.5 Å². The molecule has 4 N–H and O–H groups in total. The van der Waals surface area contributed by atoms with E-state index in [9.17, 15) is 4.57 Å². The summed E-state index contributed by atoms with van der Waals surface area (Å²) in [6.45, 7) is 0. The summed E-state index contributed by atoms with van der Waals surface area (Å²) in [4.78, 5) is 31.0. The predicted octanol–water partition coefficient (Wildman–Crippen LogP) is 0.235. The fraction of sp³-hybridized carbons (Fsp3) is 1.00. The third kappa shape index (κ3) is 32.4. The highest BCUT2D eigenvalue weighted by atomic mass is 32.1. The lowest BCUT2D eigenvalue weighted by Gasteiger charge is -2.00. The van der Waals surface area contributed by atoms with Gasteiger partial charge >= 0.3 is 15.9 Å². The van der Waals surface area contributed by atoms with Crippen molar-refractivity contribution in [3.05, 3.63) is 0 Å². The summed E-state index contributed by atoms with van der Waals surface area (Å²) in [6, 6.07) is 0. The molecular weight excluding hydrogens is 238 g/mol.